The number of hydrogen-bond acceptors (Lipinski definition) is 3. The molecule has 0 bridgehead atoms. The van der Waals surface area contributed by atoms with Gasteiger partial charge in [0.15, 0.2) is 11.5 Å². The third-order valence-electron chi connectivity index (χ3n) is 2.86. The van der Waals surface area contributed by atoms with Crippen molar-refractivity contribution in [1.82, 2.24) is 0 Å². The molecule has 2 aromatic rings. The zero-order valence-electron chi connectivity index (χ0n) is 11.0. The summed E-state index contributed by atoms with van der Waals surface area (Å²) in [4.78, 5) is 4.42. The number of halogens is 2. The van der Waals surface area contributed by atoms with Gasteiger partial charge in [0.25, 0.3) is 0 Å². The van der Waals surface area contributed by atoms with Crippen molar-refractivity contribution in [3.63, 3.8) is 0 Å². The molecule has 0 amide bonds. The molecule has 0 spiro atoms. The van der Waals surface area contributed by atoms with E-state index in [1.165, 1.54) is 7.11 Å². The molecule has 0 saturated carbocycles. The van der Waals surface area contributed by atoms with Crippen LogP contribution in [0.1, 0.15) is 11.1 Å². The third-order valence-corrected chi connectivity index (χ3v) is 3.88. The lowest BCUT2D eigenvalue weighted by atomic mass is 10.2. The van der Waals surface area contributed by atoms with Crippen LogP contribution in [-0.2, 0) is 0 Å². The van der Waals surface area contributed by atoms with Crippen LogP contribution in [0.4, 0.5) is 5.69 Å². The zero-order valence-corrected chi connectivity index (χ0v) is 13.4. The van der Waals surface area contributed by atoms with Gasteiger partial charge in [0, 0.05) is 11.2 Å². The number of aromatic hydroxyl groups is 1. The molecule has 0 aliphatic rings. The second-order valence-electron chi connectivity index (χ2n) is 4.20. The summed E-state index contributed by atoms with van der Waals surface area (Å²) < 4.78 is 5.66. The Bertz CT molecular complexity index is 671. The fraction of sp³-hybridized carbons (Fsp3) is 0.133. The summed E-state index contributed by atoms with van der Waals surface area (Å²) >= 11 is 9.33. The van der Waals surface area contributed by atoms with Crippen molar-refractivity contribution in [2.75, 3.05) is 7.11 Å². The van der Waals surface area contributed by atoms with Crippen molar-refractivity contribution in [3.05, 3.63) is 51.0 Å². The highest BCUT2D eigenvalue weighted by Crippen LogP contribution is 2.35. The molecule has 0 aliphatic heterocycles. The first-order chi connectivity index (χ1) is 9.52. The maximum absolute atomic E-state index is 9.75. The SMILES string of the molecule is COc1cc(C=Nc2cccc(Cl)c2C)cc(Br)c1O. The van der Waals surface area contributed by atoms with Crippen LogP contribution < -0.4 is 4.74 Å². The van der Waals surface area contributed by atoms with Gasteiger partial charge in [-0.25, -0.2) is 0 Å². The zero-order chi connectivity index (χ0) is 14.7. The van der Waals surface area contributed by atoms with Crippen LogP contribution in [0.3, 0.4) is 0 Å². The van der Waals surface area contributed by atoms with Crippen molar-refractivity contribution < 1.29 is 9.84 Å². The van der Waals surface area contributed by atoms with Crippen molar-refractivity contribution in [2.24, 2.45) is 4.99 Å². The normalized spacial score (nSPS) is 11.0. The smallest absolute Gasteiger partial charge is 0.172 e. The Labute approximate surface area is 131 Å². The molecule has 0 heterocycles. The van der Waals surface area contributed by atoms with E-state index in [2.05, 4.69) is 20.9 Å². The van der Waals surface area contributed by atoms with Gasteiger partial charge in [0.1, 0.15) is 0 Å². The maximum Gasteiger partial charge on any atom is 0.172 e. The molecule has 2 rings (SSSR count). The highest BCUT2D eigenvalue weighted by atomic mass is 79.9. The van der Waals surface area contributed by atoms with E-state index in [1.54, 1.807) is 18.3 Å². The fourth-order valence-corrected chi connectivity index (χ4v) is 2.33. The number of hydrogen-bond donors (Lipinski definition) is 1. The summed E-state index contributed by atoms with van der Waals surface area (Å²) in [6.45, 7) is 1.92. The van der Waals surface area contributed by atoms with Crippen LogP contribution in [0.5, 0.6) is 11.5 Å². The first-order valence-electron chi connectivity index (χ1n) is 5.88. The number of benzene rings is 2. The number of aliphatic imine (C=N–C) groups is 1. The number of phenols is 1. The van der Waals surface area contributed by atoms with Crippen molar-refractivity contribution in [3.8, 4) is 11.5 Å². The maximum atomic E-state index is 9.75. The number of phenolic OH excluding ortho intramolecular Hbond substituents is 1. The quantitative estimate of drug-likeness (QED) is 0.799. The Hall–Kier alpha value is -1.52. The fourth-order valence-electron chi connectivity index (χ4n) is 1.70. The molecule has 5 heteroatoms. The predicted octanol–water partition coefficient (Wildman–Crippen LogP) is 4.88. The largest absolute Gasteiger partial charge is 0.503 e. The van der Waals surface area contributed by atoms with Crippen molar-refractivity contribution in [2.45, 2.75) is 6.92 Å². The van der Waals surface area contributed by atoms with Crippen LogP contribution >= 0.6 is 27.5 Å². The van der Waals surface area contributed by atoms with Gasteiger partial charge in [0.05, 0.1) is 17.3 Å². The van der Waals surface area contributed by atoms with E-state index in [0.29, 0.717) is 15.2 Å². The van der Waals surface area contributed by atoms with Gasteiger partial charge >= 0.3 is 0 Å². The molecule has 1 N–H and O–H groups in total. The van der Waals surface area contributed by atoms with Crippen molar-refractivity contribution >= 4 is 39.4 Å². The Morgan fingerprint density at radius 2 is 2.10 bits per heavy atom. The van der Waals surface area contributed by atoms with Gasteiger partial charge in [-0.05, 0) is 58.2 Å². The van der Waals surface area contributed by atoms with Crippen LogP contribution in [0.2, 0.25) is 5.02 Å². The van der Waals surface area contributed by atoms with Crippen LogP contribution in [0, 0.1) is 6.92 Å². The molecule has 0 saturated heterocycles. The van der Waals surface area contributed by atoms with Crippen molar-refractivity contribution in [1.29, 1.82) is 0 Å². The lowest BCUT2D eigenvalue weighted by Gasteiger charge is -2.06. The van der Waals surface area contributed by atoms with Crippen LogP contribution in [0.25, 0.3) is 0 Å². The molecule has 0 unspecified atom stereocenters. The molecule has 0 fully saturated rings. The molecular weight excluding hydrogens is 342 g/mol. The first kappa shape index (κ1) is 14.9. The highest BCUT2D eigenvalue weighted by molar-refractivity contribution is 9.10. The summed E-state index contributed by atoms with van der Waals surface area (Å²) in [5.41, 5.74) is 2.54. The number of rotatable bonds is 3. The summed E-state index contributed by atoms with van der Waals surface area (Å²) in [5, 5.41) is 10.4. The summed E-state index contributed by atoms with van der Waals surface area (Å²) in [6.07, 6.45) is 1.70. The molecule has 2 aromatic carbocycles. The third kappa shape index (κ3) is 3.14. The van der Waals surface area contributed by atoms with Crippen LogP contribution in [0.15, 0.2) is 39.8 Å². The second-order valence-corrected chi connectivity index (χ2v) is 5.46. The van der Waals surface area contributed by atoms with E-state index in [9.17, 15) is 5.11 Å². The van der Waals surface area contributed by atoms with Gasteiger partial charge in [-0.2, -0.15) is 0 Å². The second kappa shape index (κ2) is 6.29. The highest BCUT2D eigenvalue weighted by Gasteiger charge is 2.07. The summed E-state index contributed by atoms with van der Waals surface area (Å²) in [6, 6.07) is 9.06. The minimum atomic E-state index is 0.0728. The molecule has 3 nitrogen and oxygen atoms in total. The molecule has 0 radical (unpaired) electrons. The summed E-state index contributed by atoms with van der Waals surface area (Å²) in [7, 11) is 1.50. The molecule has 104 valence electrons. The standard InChI is InChI=1S/C15H13BrClNO2/c1-9-12(17)4-3-5-13(9)18-8-10-6-11(16)15(19)14(7-10)20-2/h3-8,19H,1-2H3. The van der Waals surface area contributed by atoms with E-state index < -0.39 is 0 Å². The Morgan fingerprint density at radius 3 is 2.80 bits per heavy atom. The minimum absolute atomic E-state index is 0.0728. The van der Waals surface area contributed by atoms with Gasteiger partial charge in [-0.3, -0.25) is 4.99 Å². The lowest BCUT2D eigenvalue weighted by Crippen LogP contribution is -1.88. The average molecular weight is 355 g/mol. The Balaban J connectivity index is 2.37. The van der Waals surface area contributed by atoms with Gasteiger partial charge in [0.2, 0.25) is 0 Å². The summed E-state index contributed by atoms with van der Waals surface area (Å²) in [5.74, 6) is 0.465. The van der Waals surface area contributed by atoms with Gasteiger partial charge < -0.3 is 9.84 Å². The average Bonchev–Trinajstić information content (AvgIpc) is 2.44. The molecular formula is C15H13BrClNO2. The van der Waals surface area contributed by atoms with E-state index >= 15 is 0 Å². The molecule has 0 aromatic heterocycles. The van der Waals surface area contributed by atoms with Crippen LogP contribution in [-0.4, -0.2) is 18.4 Å². The van der Waals surface area contributed by atoms with E-state index in [0.717, 1.165) is 16.8 Å². The minimum Gasteiger partial charge on any atom is -0.503 e. The first-order valence-corrected chi connectivity index (χ1v) is 7.05. The molecule has 20 heavy (non-hydrogen) atoms. The van der Waals surface area contributed by atoms with Gasteiger partial charge in [-0.1, -0.05) is 17.7 Å². The number of methoxy groups -OCH3 is 1. The predicted molar refractivity (Wildman–Crippen MR) is 85.8 cm³/mol. The Morgan fingerprint density at radius 1 is 1.35 bits per heavy atom. The number of nitrogens with zero attached hydrogens (tertiary/aromatic N) is 1. The number of ether oxygens (including phenoxy) is 1. The van der Waals surface area contributed by atoms with E-state index in [-0.39, 0.29) is 5.75 Å². The Kier molecular flexibility index (Phi) is 4.68. The van der Waals surface area contributed by atoms with Gasteiger partial charge in [-0.15, -0.1) is 0 Å². The lowest BCUT2D eigenvalue weighted by molar-refractivity contribution is 0.372. The van der Waals surface area contributed by atoms with E-state index in [4.69, 9.17) is 16.3 Å². The monoisotopic (exact) mass is 353 g/mol. The topological polar surface area (TPSA) is 41.8 Å². The molecule has 0 aliphatic carbocycles. The van der Waals surface area contributed by atoms with E-state index in [1.807, 2.05) is 25.1 Å². The molecule has 0 atom stereocenters.